The van der Waals surface area contributed by atoms with Gasteiger partial charge in [-0.2, -0.15) is 0 Å². The van der Waals surface area contributed by atoms with Crippen LogP contribution in [-0.2, 0) is 14.8 Å². The van der Waals surface area contributed by atoms with Crippen LogP contribution in [0.25, 0.3) is 0 Å². The molecule has 2 atom stereocenters. The zero-order valence-electron chi connectivity index (χ0n) is 15.8. The van der Waals surface area contributed by atoms with Crippen LogP contribution in [0, 0.1) is 0 Å². The largest absolute Gasteiger partial charge is 0.476 e. The van der Waals surface area contributed by atoms with E-state index in [0.717, 1.165) is 12.8 Å². The standard InChI is InChI=1S/C20H23ClN2O4S/c1-3-6-14(2)22-20(24)19-13-23(17-7-4-5-8-18(17)27-19)28(25,26)16-11-9-15(21)10-12-16/h4-5,7-12,14,19H,3,6,13H2,1-2H3,(H,22,24)/t14-,19+/m0/s1. The summed E-state index contributed by atoms with van der Waals surface area (Å²) >= 11 is 5.89. The molecule has 1 heterocycles. The van der Waals surface area contributed by atoms with E-state index in [2.05, 4.69) is 5.32 Å². The molecule has 0 aliphatic carbocycles. The van der Waals surface area contributed by atoms with E-state index in [1.165, 1.54) is 28.6 Å². The molecule has 0 saturated carbocycles. The average Bonchev–Trinajstić information content (AvgIpc) is 2.67. The minimum atomic E-state index is -3.88. The fourth-order valence-electron chi connectivity index (χ4n) is 3.14. The van der Waals surface area contributed by atoms with Crippen LogP contribution in [0.5, 0.6) is 5.75 Å². The van der Waals surface area contributed by atoms with Gasteiger partial charge in [-0.1, -0.05) is 37.1 Å². The fourth-order valence-corrected chi connectivity index (χ4v) is 4.74. The van der Waals surface area contributed by atoms with E-state index in [1.54, 1.807) is 24.3 Å². The Bertz CT molecular complexity index is 947. The summed E-state index contributed by atoms with van der Waals surface area (Å²) in [5.74, 6) is 0.0290. The molecule has 8 heteroatoms. The topological polar surface area (TPSA) is 75.7 Å². The predicted molar refractivity (Wildman–Crippen MR) is 109 cm³/mol. The summed E-state index contributed by atoms with van der Waals surface area (Å²) in [6.45, 7) is 3.85. The number of carbonyl (C=O) groups excluding carboxylic acids is 1. The molecule has 0 unspecified atom stereocenters. The molecule has 1 aliphatic heterocycles. The van der Waals surface area contributed by atoms with E-state index < -0.39 is 16.1 Å². The van der Waals surface area contributed by atoms with E-state index in [0.29, 0.717) is 16.5 Å². The van der Waals surface area contributed by atoms with Crippen molar-refractivity contribution in [3.8, 4) is 5.75 Å². The molecule has 0 fully saturated rings. The van der Waals surface area contributed by atoms with E-state index in [4.69, 9.17) is 16.3 Å². The van der Waals surface area contributed by atoms with Crippen molar-refractivity contribution in [3.63, 3.8) is 0 Å². The number of carbonyl (C=O) groups is 1. The summed E-state index contributed by atoms with van der Waals surface area (Å²) < 4.78 is 33.5. The van der Waals surface area contributed by atoms with Gasteiger partial charge in [0, 0.05) is 11.1 Å². The van der Waals surface area contributed by atoms with Gasteiger partial charge in [0.05, 0.1) is 17.1 Å². The van der Waals surface area contributed by atoms with Crippen molar-refractivity contribution in [2.75, 3.05) is 10.8 Å². The van der Waals surface area contributed by atoms with Crippen LogP contribution in [0.4, 0.5) is 5.69 Å². The zero-order chi connectivity index (χ0) is 20.3. The maximum absolute atomic E-state index is 13.2. The molecule has 0 aromatic heterocycles. The molecule has 150 valence electrons. The van der Waals surface area contributed by atoms with Crippen LogP contribution < -0.4 is 14.4 Å². The molecule has 1 amide bonds. The van der Waals surface area contributed by atoms with Gasteiger partial charge in [-0.05, 0) is 49.7 Å². The Balaban J connectivity index is 1.93. The van der Waals surface area contributed by atoms with Gasteiger partial charge < -0.3 is 10.1 Å². The van der Waals surface area contributed by atoms with Crippen molar-refractivity contribution in [3.05, 3.63) is 53.6 Å². The molecule has 0 spiro atoms. The molecule has 0 radical (unpaired) electrons. The number of amides is 1. The molecule has 0 bridgehead atoms. The number of para-hydroxylation sites is 2. The summed E-state index contributed by atoms with van der Waals surface area (Å²) in [7, 11) is -3.88. The Morgan fingerprint density at radius 1 is 1.25 bits per heavy atom. The van der Waals surface area contributed by atoms with Crippen LogP contribution in [-0.4, -0.2) is 33.0 Å². The Morgan fingerprint density at radius 2 is 1.93 bits per heavy atom. The highest BCUT2D eigenvalue weighted by Gasteiger charge is 2.37. The normalized spacial score (nSPS) is 17.4. The third kappa shape index (κ3) is 4.25. The van der Waals surface area contributed by atoms with E-state index in [9.17, 15) is 13.2 Å². The van der Waals surface area contributed by atoms with Crippen molar-refractivity contribution < 1.29 is 17.9 Å². The smallest absolute Gasteiger partial charge is 0.264 e. The molecular formula is C20H23ClN2O4S. The van der Waals surface area contributed by atoms with Crippen LogP contribution in [0.1, 0.15) is 26.7 Å². The van der Waals surface area contributed by atoms with Crippen molar-refractivity contribution in [1.82, 2.24) is 5.32 Å². The number of fused-ring (bicyclic) bond motifs is 1. The Morgan fingerprint density at radius 3 is 2.61 bits per heavy atom. The van der Waals surface area contributed by atoms with Gasteiger partial charge >= 0.3 is 0 Å². The average molecular weight is 423 g/mol. The summed E-state index contributed by atoms with van der Waals surface area (Å²) in [5.41, 5.74) is 0.406. The second kappa shape index (κ2) is 8.41. The van der Waals surface area contributed by atoms with Crippen LogP contribution in [0.2, 0.25) is 5.02 Å². The molecular weight excluding hydrogens is 400 g/mol. The summed E-state index contributed by atoms with van der Waals surface area (Å²) in [6, 6.07) is 12.7. The molecule has 6 nitrogen and oxygen atoms in total. The lowest BCUT2D eigenvalue weighted by Crippen LogP contribution is -2.52. The van der Waals surface area contributed by atoms with E-state index in [1.807, 2.05) is 13.8 Å². The van der Waals surface area contributed by atoms with E-state index in [-0.39, 0.29) is 23.4 Å². The molecule has 3 rings (SSSR count). The van der Waals surface area contributed by atoms with Crippen LogP contribution >= 0.6 is 11.6 Å². The number of sulfonamides is 1. The van der Waals surface area contributed by atoms with Crippen molar-refractivity contribution in [2.45, 2.75) is 43.7 Å². The van der Waals surface area contributed by atoms with Crippen LogP contribution in [0.15, 0.2) is 53.4 Å². The van der Waals surface area contributed by atoms with Gasteiger partial charge in [0.2, 0.25) is 0 Å². The third-order valence-corrected chi connectivity index (χ3v) is 6.59. The Hall–Kier alpha value is -2.25. The summed E-state index contributed by atoms with van der Waals surface area (Å²) in [4.78, 5) is 12.8. The lowest BCUT2D eigenvalue weighted by molar-refractivity contribution is -0.128. The number of hydrogen-bond acceptors (Lipinski definition) is 4. The monoisotopic (exact) mass is 422 g/mol. The number of benzene rings is 2. The number of nitrogens with one attached hydrogen (secondary N) is 1. The lowest BCUT2D eigenvalue weighted by Gasteiger charge is -2.35. The number of rotatable bonds is 6. The molecule has 1 N–H and O–H groups in total. The maximum atomic E-state index is 13.2. The van der Waals surface area contributed by atoms with Crippen LogP contribution in [0.3, 0.4) is 0 Å². The number of hydrogen-bond donors (Lipinski definition) is 1. The Labute approximate surface area is 170 Å². The SMILES string of the molecule is CCC[C@H](C)NC(=O)[C@H]1CN(S(=O)(=O)c2ccc(Cl)cc2)c2ccccc2O1. The highest BCUT2D eigenvalue weighted by molar-refractivity contribution is 7.92. The minimum absolute atomic E-state index is 0.0143. The predicted octanol–water partition coefficient (Wildman–Crippen LogP) is 3.60. The van der Waals surface area contributed by atoms with Gasteiger partial charge in [0.15, 0.2) is 6.10 Å². The second-order valence-corrected chi connectivity index (χ2v) is 9.06. The first-order valence-electron chi connectivity index (χ1n) is 9.17. The fraction of sp³-hybridized carbons (Fsp3) is 0.350. The number of nitrogens with zero attached hydrogens (tertiary/aromatic N) is 1. The molecule has 2 aromatic rings. The maximum Gasteiger partial charge on any atom is 0.264 e. The van der Waals surface area contributed by atoms with Gasteiger partial charge in [-0.25, -0.2) is 8.42 Å². The van der Waals surface area contributed by atoms with Crippen molar-refractivity contribution in [2.24, 2.45) is 0 Å². The molecule has 0 saturated heterocycles. The van der Waals surface area contributed by atoms with Gasteiger partial charge in [0.25, 0.3) is 15.9 Å². The zero-order valence-corrected chi connectivity index (χ0v) is 17.3. The van der Waals surface area contributed by atoms with E-state index >= 15 is 0 Å². The highest BCUT2D eigenvalue weighted by Crippen LogP contribution is 2.37. The highest BCUT2D eigenvalue weighted by atomic mass is 35.5. The van der Waals surface area contributed by atoms with Gasteiger partial charge in [-0.3, -0.25) is 9.10 Å². The second-order valence-electron chi connectivity index (χ2n) is 6.76. The number of halogens is 1. The minimum Gasteiger partial charge on any atom is -0.476 e. The number of anilines is 1. The molecule has 1 aliphatic rings. The quantitative estimate of drug-likeness (QED) is 0.771. The van der Waals surface area contributed by atoms with Gasteiger partial charge in [-0.15, -0.1) is 0 Å². The first kappa shape index (κ1) is 20.5. The first-order valence-corrected chi connectivity index (χ1v) is 11.0. The molecule has 2 aromatic carbocycles. The summed E-state index contributed by atoms with van der Waals surface area (Å²) in [5, 5.41) is 3.35. The summed E-state index contributed by atoms with van der Waals surface area (Å²) in [6.07, 6.45) is 0.839. The number of ether oxygens (including phenoxy) is 1. The third-order valence-electron chi connectivity index (χ3n) is 4.54. The van der Waals surface area contributed by atoms with Crippen molar-refractivity contribution >= 4 is 33.2 Å². The first-order chi connectivity index (χ1) is 13.3. The Kier molecular flexibility index (Phi) is 6.15. The van der Waals surface area contributed by atoms with Gasteiger partial charge in [0.1, 0.15) is 5.75 Å². The lowest BCUT2D eigenvalue weighted by atomic mass is 10.1. The molecule has 28 heavy (non-hydrogen) atoms. The van der Waals surface area contributed by atoms with Crippen molar-refractivity contribution in [1.29, 1.82) is 0 Å².